The van der Waals surface area contributed by atoms with Gasteiger partial charge in [-0.1, -0.05) is 0 Å². The highest BCUT2D eigenvalue weighted by Gasteiger charge is 2.18. The van der Waals surface area contributed by atoms with E-state index in [-0.39, 0.29) is 5.69 Å². The first-order chi connectivity index (χ1) is 10.8. The quantitative estimate of drug-likeness (QED) is 0.360. The molecular formula is C14H15N3O6. The number of urea groups is 1. The number of non-ortho nitro benzene ring substituents is 1. The summed E-state index contributed by atoms with van der Waals surface area (Å²) in [5.74, 6) is -1.55. The molecule has 0 bridgehead atoms. The maximum Gasteiger partial charge on any atom is 0.331 e. The van der Waals surface area contributed by atoms with Gasteiger partial charge < -0.3 is 10.1 Å². The van der Waals surface area contributed by atoms with Gasteiger partial charge in [-0.05, 0) is 30.7 Å². The molecular weight excluding hydrogens is 306 g/mol. The summed E-state index contributed by atoms with van der Waals surface area (Å²) in [6.45, 7) is 1.32. The summed E-state index contributed by atoms with van der Waals surface area (Å²) in [4.78, 5) is 44.0. The number of rotatable bonds is 5. The number of nitro benzene ring substituents is 1. The van der Waals surface area contributed by atoms with E-state index in [1.54, 1.807) is 0 Å². The van der Waals surface area contributed by atoms with E-state index in [0.29, 0.717) is 5.56 Å². The van der Waals surface area contributed by atoms with Crippen molar-refractivity contribution in [1.82, 2.24) is 10.6 Å². The maximum atomic E-state index is 11.6. The fourth-order valence-electron chi connectivity index (χ4n) is 1.41. The molecule has 0 spiro atoms. The minimum absolute atomic E-state index is 0.0655. The highest BCUT2D eigenvalue weighted by atomic mass is 16.6. The first kappa shape index (κ1) is 17.8. The number of esters is 1. The van der Waals surface area contributed by atoms with E-state index in [1.807, 2.05) is 5.32 Å². The normalized spacial score (nSPS) is 11.6. The number of amides is 3. The molecule has 0 aliphatic carbocycles. The van der Waals surface area contributed by atoms with Crippen molar-refractivity contribution in [3.8, 4) is 0 Å². The molecule has 9 heteroatoms. The topological polar surface area (TPSA) is 128 Å². The summed E-state index contributed by atoms with van der Waals surface area (Å²) in [6, 6.07) is 4.81. The molecule has 3 amide bonds. The molecule has 9 nitrogen and oxygen atoms in total. The van der Waals surface area contributed by atoms with Crippen LogP contribution in [0.4, 0.5) is 10.5 Å². The number of nitrogens with one attached hydrogen (secondary N) is 2. The minimum Gasteiger partial charge on any atom is -0.449 e. The summed E-state index contributed by atoms with van der Waals surface area (Å²) < 4.78 is 4.82. The van der Waals surface area contributed by atoms with Crippen molar-refractivity contribution in [2.24, 2.45) is 0 Å². The van der Waals surface area contributed by atoms with Crippen LogP contribution < -0.4 is 10.6 Å². The first-order valence-electron chi connectivity index (χ1n) is 6.49. The number of nitrogens with zero attached hydrogens (tertiary/aromatic N) is 1. The Morgan fingerprint density at radius 3 is 2.39 bits per heavy atom. The van der Waals surface area contributed by atoms with E-state index in [9.17, 15) is 24.5 Å². The zero-order chi connectivity index (χ0) is 17.4. The monoisotopic (exact) mass is 321 g/mol. The van der Waals surface area contributed by atoms with Crippen LogP contribution in [0.2, 0.25) is 0 Å². The Kier molecular flexibility index (Phi) is 6.41. The molecule has 23 heavy (non-hydrogen) atoms. The Bertz CT molecular complexity index is 638. The Hall–Kier alpha value is -3.23. The summed E-state index contributed by atoms with van der Waals surface area (Å²) in [6.07, 6.45) is 1.31. The highest BCUT2D eigenvalue weighted by molar-refractivity contribution is 5.97. The second-order valence-corrected chi connectivity index (χ2v) is 4.33. The van der Waals surface area contributed by atoms with Crippen molar-refractivity contribution in [3.05, 3.63) is 46.0 Å². The number of ether oxygens (including phenoxy) is 1. The van der Waals surface area contributed by atoms with E-state index < -0.39 is 28.9 Å². The van der Waals surface area contributed by atoms with Gasteiger partial charge >= 0.3 is 12.0 Å². The molecule has 2 N–H and O–H groups in total. The van der Waals surface area contributed by atoms with Crippen molar-refractivity contribution in [2.45, 2.75) is 13.0 Å². The van der Waals surface area contributed by atoms with Crippen LogP contribution in [-0.2, 0) is 14.3 Å². The predicted molar refractivity (Wildman–Crippen MR) is 80.3 cm³/mol. The molecule has 0 fully saturated rings. The van der Waals surface area contributed by atoms with Crippen LogP contribution in [0.1, 0.15) is 12.5 Å². The van der Waals surface area contributed by atoms with Gasteiger partial charge in [0.15, 0.2) is 6.10 Å². The van der Waals surface area contributed by atoms with Gasteiger partial charge in [0.1, 0.15) is 0 Å². The highest BCUT2D eigenvalue weighted by Crippen LogP contribution is 2.12. The van der Waals surface area contributed by atoms with Gasteiger partial charge in [0.2, 0.25) is 0 Å². The lowest BCUT2D eigenvalue weighted by Gasteiger charge is -2.11. The second kappa shape index (κ2) is 8.27. The van der Waals surface area contributed by atoms with Crippen LogP contribution in [0, 0.1) is 10.1 Å². The molecule has 0 heterocycles. The molecule has 1 aromatic carbocycles. The third kappa shape index (κ3) is 5.96. The van der Waals surface area contributed by atoms with Gasteiger partial charge in [-0.25, -0.2) is 9.59 Å². The number of nitro groups is 1. The van der Waals surface area contributed by atoms with Crippen molar-refractivity contribution >= 4 is 29.7 Å². The van der Waals surface area contributed by atoms with Crippen LogP contribution in [0.5, 0.6) is 0 Å². The van der Waals surface area contributed by atoms with E-state index in [4.69, 9.17) is 4.74 Å². The molecule has 0 aliphatic rings. The number of hydrogen-bond donors (Lipinski definition) is 2. The number of hydrogen-bond acceptors (Lipinski definition) is 6. The average Bonchev–Trinajstić information content (AvgIpc) is 2.52. The molecule has 1 aromatic rings. The van der Waals surface area contributed by atoms with Crippen LogP contribution in [0.3, 0.4) is 0 Å². The van der Waals surface area contributed by atoms with Crippen molar-refractivity contribution < 1.29 is 24.0 Å². The Labute approximate surface area is 131 Å². The second-order valence-electron chi connectivity index (χ2n) is 4.33. The maximum absolute atomic E-state index is 11.6. The Morgan fingerprint density at radius 1 is 1.26 bits per heavy atom. The zero-order valence-corrected chi connectivity index (χ0v) is 12.4. The molecule has 0 saturated carbocycles. The molecule has 1 rings (SSSR count). The Morgan fingerprint density at radius 2 is 1.87 bits per heavy atom. The lowest BCUT2D eigenvalue weighted by molar-refractivity contribution is -0.384. The molecule has 122 valence electrons. The predicted octanol–water partition coefficient (Wildman–Crippen LogP) is 0.995. The van der Waals surface area contributed by atoms with Gasteiger partial charge in [0.25, 0.3) is 11.6 Å². The van der Waals surface area contributed by atoms with E-state index >= 15 is 0 Å². The first-order valence-corrected chi connectivity index (χ1v) is 6.49. The minimum atomic E-state index is -1.15. The lowest BCUT2D eigenvalue weighted by atomic mass is 10.2. The van der Waals surface area contributed by atoms with Gasteiger partial charge in [-0.15, -0.1) is 0 Å². The van der Waals surface area contributed by atoms with E-state index in [1.165, 1.54) is 44.3 Å². The van der Waals surface area contributed by atoms with Crippen LogP contribution >= 0.6 is 0 Å². The van der Waals surface area contributed by atoms with Gasteiger partial charge in [-0.3, -0.25) is 20.2 Å². The Balaban J connectivity index is 2.56. The number of carbonyl (C=O) groups is 3. The standard InChI is InChI=1S/C14H15N3O6/c1-9(13(19)16-14(20)15-2)23-12(18)8-5-10-3-6-11(7-4-10)17(21)22/h3-9H,1-2H3,(H2,15,16,19,20)/b8-5+/t9-/m0/s1. The molecule has 0 unspecified atom stereocenters. The smallest absolute Gasteiger partial charge is 0.331 e. The van der Waals surface area contributed by atoms with Crippen LogP contribution in [0.15, 0.2) is 30.3 Å². The van der Waals surface area contributed by atoms with Crippen LogP contribution in [-0.4, -0.2) is 36.0 Å². The molecule has 0 aliphatic heterocycles. The summed E-state index contributed by atoms with van der Waals surface area (Å²) in [5.41, 5.74) is 0.485. The third-order valence-electron chi connectivity index (χ3n) is 2.64. The van der Waals surface area contributed by atoms with E-state index in [0.717, 1.165) is 6.08 Å². The summed E-state index contributed by atoms with van der Waals surface area (Å²) >= 11 is 0. The largest absolute Gasteiger partial charge is 0.449 e. The molecule has 0 saturated heterocycles. The fourth-order valence-corrected chi connectivity index (χ4v) is 1.41. The summed E-state index contributed by atoms with van der Waals surface area (Å²) in [5, 5.41) is 14.7. The molecule has 0 aromatic heterocycles. The third-order valence-corrected chi connectivity index (χ3v) is 2.64. The average molecular weight is 321 g/mol. The van der Waals surface area contributed by atoms with Crippen LogP contribution in [0.25, 0.3) is 6.08 Å². The van der Waals surface area contributed by atoms with Gasteiger partial charge in [0.05, 0.1) is 4.92 Å². The SMILES string of the molecule is CNC(=O)NC(=O)[C@H](C)OC(=O)/C=C/c1ccc([N+](=O)[O-])cc1. The van der Waals surface area contributed by atoms with Gasteiger partial charge in [0, 0.05) is 25.3 Å². The fraction of sp³-hybridized carbons (Fsp3) is 0.214. The number of benzene rings is 1. The van der Waals surface area contributed by atoms with Crippen molar-refractivity contribution in [3.63, 3.8) is 0 Å². The molecule has 1 atom stereocenters. The number of imide groups is 1. The van der Waals surface area contributed by atoms with Crippen molar-refractivity contribution in [2.75, 3.05) is 7.05 Å². The summed E-state index contributed by atoms with van der Waals surface area (Å²) in [7, 11) is 1.34. The van der Waals surface area contributed by atoms with Crippen molar-refractivity contribution in [1.29, 1.82) is 0 Å². The molecule has 0 radical (unpaired) electrons. The zero-order valence-electron chi connectivity index (χ0n) is 12.4. The van der Waals surface area contributed by atoms with Gasteiger partial charge in [-0.2, -0.15) is 0 Å². The lowest BCUT2D eigenvalue weighted by Crippen LogP contribution is -2.43. The van der Waals surface area contributed by atoms with E-state index in [2.05, 4.69) is 5.32 Å². The number of carbonyl (C=O) groups excluding carboxylic acids is 3.